The number of hydrogen-bond acceptors (Lipinski definition) is 6. The minimum atomic E-state index is 0.164. The summed E-state index contributed by atoms with van der Waals surface area (Å²) in [6.07, 6.45) is 3.49. The molecule has 0 bridgehead atoms. The van der Waals surface area contributed by atoms with Crippen LogP contribution in [0.15, 0.2) is 60.9 Å². The van der Waals surface area contributed by atoms with Gasteiger partial charge >= 0.3 is 0 Å². The highest BCUT2D eigenvalue weighted by Gasteiger charge is 2.17. The molecule has 0 atom stereocenters. The molecule has 0 spiro atoms. The lowest BCUT2D eigenvalue weighted by atomic mass is 10.1. The van der Waals surface area contributed by atoms with Crippen LogP contribution in [0, 0.1) is 0 Å². The Hall–Kier alpha value is -3.58. The maximum atomic E-state index is 10.2. The smallest absolute Gasteiger partial charge is 0.165 e. The van der Waals surface area contributed by atoms with Gasteiger partial charge in [-0.05, 0) is 30.8 Å². The zero-order valence-electron chi connectivity index (χ0n) is 16.9. The van der Waals surface area contributed by atoms with Crippen LogP contribution in [-0.2, 0) is 0 Å². The third-order valence-electron chi connectivity index (χ3n) is 5.80. The molecule has 0 amide bonds. The summed E-state index contributed by atoms with van der Waals surface area (Å²) in [6.45, 7) is 4.25. The fourth-order valence-corrected chi connectivity index (χ4v) is 3.98. The molecule has 0 radical (unpaired) electrons. The standard InChI is InChI=1S/C23H24N6O/c1-27-10-12-28(13-11-27)17-8-6-16(7-9-17)19-15-26-29-22(24)20(14-25-23(19)29)18-4-2-3-5-21(18)30/h2-9,14-15,30H,10-13,24H2,1H3. The summed E-state index contributed by atoms with van der Waals surface area (Å²) >= 11 is 0. The van der Waals surface area contributed by atoms with Crippen molar-refractivity contribution in [1.82, 2.24) is 19.5 Å². The predicted molar refractivity (Wildman–Crippen MR) is 120 cm³/mol. The minimum absolute atomic E-state index is 0.164. The van der Waals surface area contributed by atoms with Crippen LogP contribution in [0.5, 0.6) is 5.75 Å². The van der Waals surface area contributed by atoms with Crippen molar-refractivity contribution in [2.24, 2.45) is 0 Å². The summed E-state index contributed by atoms with van der Waals surface area (Å²) in [5.74, 6) is 0.610. The topological polar surface area (TPSA) is 82.9 Å². The molecule has 30 heavy (non-hydrogen) atoms. The van der Waals surface area contributed by atoms with Gasteiger partial charge in [0.1, 0.15) is 11.6 Å². The Labute approximate surface area is 175 Å². The van der Waals surface area contributed by atoms with Crippen molar-refractivity contribution in [3.05, 3.63) is 60.9 Å². The second-order valence-corrected chi connectivity index (χ2v) is 7.71. The molecule has 0 unspecified atom stereocenters. The van der Waals surface area contributed by atoms with Crippen molar-refractivity contribution in [1.29, 1.82) is 0 Å². The maximum Gasteiger partial charge on any atom is 0.165 e. The third kappa shape index (κ3) is 3.13. The quantitative estimate of drug-likeness (QED) is 0.550. The molecule has 2 aromatic carbocycles. The van der Waals surface area contributed by atoms with Gasteiger partial charge in [-0.1, -0.05) is 30.3 Å². The average molecular weight is 400 g/mol. The number of aromatic nitrogens is 3. The Balaban J connectivity index is 1.48. The van der Waals surface area contributed by atoms with Crippen LogP contribution in [0.2, 0.25) is 0 Å². The number of aromatic hydroxyl groups is 1. The van der Waals surface area contributed by atoms with E-state index in [-0.39, 0.29) is 5.75 Å². The van der Waals surface area contributed by atoms with E-state index in [9.17, 15) is 5.11 Å². The van der Waals surface area contributed by atoms with E-state index in [1.54, 1.807) is 29.0 Å². The van der Waals surface area contributed by atoms with Crippen LogP contribution in [-0.4, -0.2) is 57.8 Å². The van der Waals surface area contributed by atoms with E-state index in [0.29, 0.717) is 22.6 Å². The molecule has 1 fully saturated rings. The van der Waals surface area contributed by atoms with Gasteiger partial charge in [0.05, 0.1) is 6.20 Å². The van der Waals surface area contributed by atoms with Crippen molar-refractivity contribution >= 4 is 17.2 Å². The van der Waals surface area contributed by atoms with Crippen molar-refractivity contribution in [2.75, 3.05) is 43.9 Å². The molecule has 7 nitrogen and oxygen atoms in total. The van der Waals surface area contributed by atoms with Crippen molar-refractivity contribution in [3.63, 3.8) is 0 Å². The number of nitrogen functional groups attached to an aromatic ring is 1. The summed E-state index contributed by atoms with van der Waals surface area (Å²) in [7, 11) is 2.16. The molecule has 7 heteroatoms. The largest absolute Gasteiger partial charge is 0.507 e. The van der Waals surface area contributed by atoms with Crippen molar-refractivity contribution < 1.29 is 5.11 Å². The highest BCUT2D eigenvalue weighted by molar-refractivity contribution is 5.83. The molecular formula is C23H24N6O. The first-order chi connectivity index (χ1) is 14.6. The van der Waals surface area contributed by atoms with Crippen LogP contribution in [0.3, 0.4) is 0 Å². The molecule has 1 saturated heterocycles. The fourth-order valence-electron chi connectivity index (χ4n) is 3.98. The average Bonchev–Trinajstić information content (AvgIpc) is 3.21. The Bertz CT molecular complexity index is 1190. The van der Waals surface area contributed by atoms with E-state index in [2.05, 4.69) is 51.2 Å². The molecule has 1 aliphatic heterocycles. The first kappa shape index (κ1) is 18.4. The van der Waals surface area contributed by atoms with E-state index < -0.39 is 0 Å². The fraction of sp³-hybridized carbons (Fsp3) is 0.217. The van der Waals surface area contributed by atoms with Gasteiger partial charge in [0.15, 0.2) is 5.65 Å². The normalized spacial score (nSPS) is 15.0. The highest BCUT2D eigenvalue weighted by Crippen LogP contribution is 2.34. The van der Waals surface area contributed by atoms with Crippen LogP contribution in [0.25, 0.3) is 27.9 Å². The number of rotatable bonds is 3. The Morgan fingerprint density at radius 3 is 2.33 bits per heavy atom. The molecule has 2 aromatic heterocycles. The lowest BCUT2D eigenvalue weighted by Gasteiger charge is -2.34. The molecule has 3 heterocycles. The maximum absolute atomic E-state index is 10.2. The zero-order chi connectivity index (χ0) is 20.7. The number of fused-ring (bicyclic) bond motifs is 1. The molecule has 4 aromatic rings. The Morgan fingerprint density at radius 1 is 0.867 bits per heavy atom. The molecule has 152 valence electrons. The number of phenols is 1. The van der Waals surface area contributed by atoms with Gasteiger partial charge < -0.3 is 20.6 Å². The highest BCUT2D eigenvalue weighted by atomic mass is 16.3. The summed E-state index contributed by atoms with van der Waals surface area (Å²) < 4.78 is 1.63. The summed E-state index contributed by atoms with van der Waals surface area (Å²) in [5, 5.41) is 14.6. The summed E-state index contributed by atoms with van der Waals surface area (Å²) in [5.41, 5.74) is 11.6. The second-order valence-electron chi connectivity index (χ2n) is 7.71. The number of hydrogen-bond donors (Lipinski definition) is 2. The molecule has 0 saturated carbocycles. The van der Waals surface area contributed by atoms with E-state index in [4.69, 9.17) is 5.73 Å². The van der Waals surface area contributed by atoms with Gasteiger partial charge in [-0.15, -0.1) is 0 Å². The lowest BCUT2D eigenvalue weighted by molar-refractivity contribution is 0.313. The van der Waals surface area contributed by atoms with E-state index in [1.165, 1.54) is 5.69 Å². The number of phenolic OH excluding ortho intramolecular Hbond substituents is 1. The summed E-state index contributed by atoms with van der Waals surface area (Å²) in [6, 6.07) is 15.6. The molecule has 1 aliphatic rings. The van der Waals surface area contributed by atoms with Crippen LogP contribution >= 0.6 is 0 Å². The van der Waals surface area contributed by atoms with Crippen LogP contribution in [0.4, 0.5) is 11.5 Å². The first-order valence-electron chi connectivity index (χ1n) is 10.1. The molecular weight excluding hydrogens is 376 g/mol. The number of anilines is 2. The van der Waals surface area contributed by atoms with Gasteiger partial charge in [-0.3, -0.25) is 0 Å². The molecule has 5 rings (SSSR count). The minimum Gasteiger partial charge on any atom is -0.507 e. The Kier molecular flexibility index (Phi) is 4.52. The van der Waals surface area contributed by atoms with Crippen LogP contribution in [0.1, 0.15) is 0 Å². The van der Waals surface area contributed by atoms with E-state index >= 15 is 0 Å². The second kappa shape index (κ2) is 7.35. The number of nitrogens with two attached hydrogens (primary N) is 1. The predicted octanol–water partition coefficient (Wildman–Crippen LogP) is 3.10. The van der Waals surface area contributed by atoms with Gasteiger partial charge in [0.2, 0.25) is 0 Å². The Morgan fingerprint density at radius 2 is 1.60 bits per heavy atom. The zero-order valence-corrected chi connectivity index (χ0v) is 16.9. The van der Waals surface area contributed by atoms with Gasteiger partial charge in [-0.2, -0.15) is 9.61 Å². The molecule has 3 N–H and O–H groups in total. The third-order valence-corrected chi connectivity index (χ3v) is 5.80. The number of nitrogens with zero attached hydrogens (tertiary/aromatic N) is 5. The number of piperazine rings is 1. The number of benzene rings is 2. The number of para-hydroxylation sites is 1. The first-order valence-corrected chi connectivity index (χ1v) is 10.1. The SMILES string of the molecule is CN1CCN(c2ccc(-c3cnn4c(N)c(-c5ccccc5O)cnc34)cc2)CC1. The van der Waals surface area contributed by atoms with Gasteiger partial charge in [0.25, 0.3) is 0 Å². The van der Waals surface area contributed by atoms with Crippen molar-refractivity contribution in [3.8, 4) is 28.0 Å². The molecule has 0 aliphatic carbocycles. The van der Waals surface area contributed by atoms with E-state index in [1.807, 2.05) is 12.1 Å². The summed E-state index contributed by atoms with van der Waals surface area (Å²) in [4.78, 5) is 9.37. The van der Waals surface area contributed by atoms with Gasteiger partial charge in [0, 0.05) is 54.8 Å². The number of likely N-dealkylation sites (N-methyl/N-ethyl adjacent to an activating group) is 1. The monoisotopic (exact) mass is 400 g/mol. The van der Waals surface area contributed by atoms with E-state index in [0.717, 1.165) is 37.3 Å². The van der Waals surface area contributed by atoms with Crippen LogP contribution < -0.4 is 10.6 Å². The van der Waals surface area contributed by atoms with Crippen molar-refractivity contribution in [2.45, 2.75) is 0 Å². The lowest BCUT2D eigenvalue weighted by Crippen LogP contribution is -2.44. The van der Waals surface area contributed by atoms with Gasteiger partial charge in [-0.25, -0.2) is 4.98 Å².